The molecular formula is C9H12F3N5O4. The Bertz CT molecular complexity index is 504. The van der Waals surface area contributed by atoms with Gasteiger partial charge < -0.3 is 20.2 Å². The number of nitro groups is 1. The maximum atomic E-state index is 12.9. The molecule has 1 N–H and O–H groups in total. The van der Waals surface area contributed by atoms with E-state index in [0.717, 1.165) is 0 Å². The van der Waals surface area contributed by atoms with Crippen LogP contribution >= 0.6 is 0 Å². The van der Waals surface area contributed by atoms with E-state index < -0.39 is 35.4 Å². The van der Waals surface area contributed by atoms with Crippen LogP contribution in [-0.2, 0) is 9.53 Å². The molecule has 1 amide bonds. The standard InChI is InChI=1S/C9H12F3N5O4/c1-21-3-2-13-7(18)4-6(9(10,11)12)16-5-14-8(15-16)17(19)20/h5-6H,2-4H2,1H3,(H,13,18). The van der Waals surface area contributed by atoms with Gasteiger partial charge in [-0.2, -0.15) is 17.9 Å². The van der Waals surface area contributed by atoms with Crippen LogP contribution in [0.4, 0.5) is 19.1 Å². The summed E-state index contributed by atoms with van der Waals surface area (Å²) < 4.78 is 43.6. The van der Waals surface area contributed by atoms with Gasteiger partial charge in [-0.15, -0.1) is 0 Å². The van der Waals surface area contributed by atoms with Crippen LogP contribution in [0.1, 0.15) is 12.5 Å². The van der Waals surface area contributed by atoms with Gasteiger partial charge in [-0.05, 0) is 4.92 Å². The lowest BCUT2D eigenvalue weighted by atomic mass is 10.2. The van der Waals surface area contributed by atoms with E-state index in [0.29, 0.717) is 6.33 Å². The Morgan fingerprint density at radius 2 is 2.29 bits per heavy atom. The van der Waals surface area contributed by atoms with Crippen molar-refractivity contribution in [3.8, 4) is 0 Å². The molecule has 118 valence electrons. The van der Waals surface area contributed by atoms with Gasteiger partial charge in [-0.25, -0.2) is 0 Å². The Balaban J connectivity index is 2.81. The second kappa shape index (κ2) is 6.97. The molecule has 9 nitrogen and oxygen atoms in total. The lowest BCUT2D eigenvalue weighted by Crippen LogP contribution is -2.35. The molecule has 1 rings (SSSR count). The zero-order valence-electron chi connectivity index (χ0n) is 10.8. The number of halogens is 3. The lowest BCUT2D eigenvalue weighted by Gasteiger charge is -2.17. The summed E-state index contributed by atoms with van der Waals surface area (Å²) in [5.41, 5.74) is 0. The first-order chi connectivity index (χ1) is 9.75. The molecule has 1 unspecified atom stereocenters. The smallest absolute Gasteiger partial charge is 0.390 e. The van der Waals surface area contributed by atoms with Crippen LogP contribution in [0.15, 0.2) is 6.33 Å². The van der Waals surface area contributed by atoms with E-state index >= 15 is 0 Å². The quantitative estimate of drug-likeness (QED) is 0.444. The highest BCUT2D eigenvalue weighted by molar-refractivity contribution is 5.76. The van der Waals surface area contributed by atoms with Crippen molar-refractivity contribution in [2.45, 2.75) is 18.6 Å². The summed E-state index contributed by atoms with van der Waals surface area (Å²) in [5, 5.41) is 15.7. The lowest BCUT2D eigenvalue weighted by molar-refractivity contribution is -0.394. The number of carbonyl (C=O) groups excluding carboxylic acids is 1. The van der Waals surface area contributed by atoms with E-state index in [-0.39, 0.29) is 17.8 Å². The molecule has 12 heteroatoms. The molecule has 0 saturated carbocycles. The summed E-state index contributed by atoms with van der Waals surface area (Å²) in [4.78, 5) is 23.9. The first-order valence-corrected chi connectivity index (χ1v) is 5.63. The summed E-state index contributed by atoms with van der Waals surface area (Å²) in [6, 6.07) is -2.33. The largest absolute Gasteiger partial charge is 0.490 e. The normalized spacial score (nSPS) is 13.0. The van der Waals surface area contributed by atoms with Crippen molar-refractivity contribution in [2.24, 2.45) is 0 Å². The van der Waals surface area contributed by atoms with Crippen LogP contribution < -0.4 is 5.32 Å². The van der Waals surface area contributed by atoms with Gasteiger partial charge in [-0.1, -0.05) is 4.98 Å². The minimum Gasteiger partial charge on any atom is -0.390 e. The molecule has 0 spiro atoms. The number of alkyl halides is 3. The third-order valence-electron chi connectivity index (χ3n) is 2.36. The second-order valence-electron chi connectivity index (χ2n) is 3.89. The molecule has 0 bridgehead atoms. The topological polar surface area (TPSA) is 112 Å². The highest BCUT2D eigenvalue weighted by Crippen LogP contribution is 2.32. The van der Waals surface area contributed by atoms with Crippen molar-refractivity contribution in [1.29, 1.82) is 0 Å². The molecule has 1 heterocycles. The van der Waals surface area contributed by atoms with Gasteiger partial charge in [0.15, 0.2) is 6.04 Å². The number of ether oxygens (including phenoxy) is 1. The molecule has 0 radical (unpaired) electrons. The Kier molecular flexibility index (Phi) is 5.58. The van der Waals surface area contributed by atoms with Crippen LogP contribution in [0, 0.1) is 10.1 Å². The average Bonchev–Trinajstić information content (AvgIpc) is 2.84. The fourth-order valence-corrected chi connectivity index (χ4v) is 1.40. The maximum absolute atomic E-state index is 12.9. The van der Waals surface area contributed by atoms with Crippen molar-refractivity contribution >= 4 is 11.9 Å². The predicted octanol–water partition coefficient (Wildman–Crippen LogP) is 0.442. The van der Waals surface area contributed by atoms with Gasteiger partial charge in [0.2, 0.25) is 12.2 Å². The SMILES string of the molecule is COCCNC(=O)CC(n1cnc([N+](=O)[O-])n1)C(F)(F)F. The Labute approximate surface area is 116 Å². The number of nitrogens with one attached hydrogen (secondary N) is 1. The zero-order chi connectivity index (χ0) is 16.0. The fraction of sp³-hybridized carbons (Fsp3) is 0.667. The highest BCUT2D eigenvalue weighted by atomic mass is 19.4. The minimum atomic E-state index is -4.81. The van der Waals surface area contributed by atoms with E-state index in [9.17, 15) is 28.1 Å². The Hall–Kier alpha value is -2.24. The number of hydrogen-bond donors (Lipinski definition) is 1. The van der Waals surface area contributed by atoms with Crippen LogP contribution in [0.5, 0.6) is 0 Å². The van der Waals surface area contributed by atoms with Gasteiger partial charge in [0.05, 0.1) is 13.0 Å². The zero-order valence-corrected chi connectivity index (χ0v) is 10.8. The molecule has 1 aromatic heterocycles. The molecule has 0 saturated heterocycles. The van der Waals surface area contributed by atoms with Crippen LogP contribution in [-0.4, -0.2) is 52.0 Å². The molecule has 0 aliphatic heterocycles. The van der Waals surface area contributed by atoms with E-state index in [1.54, 1.807) is 0 Å². The predicted molar refractivity (Wildman–Crippen MR) is 61.3 cm³/mol. The first kappa shape index (κ1) is 16.8. The summed E-state index contributed by atoms with van der Waals surface area (Å²) in [6.45, 7) is 0.203. The number of aromatic nitrogens is 3. The van der Waals surface area contributed by atoms with Gasteiger partial charge in [0.25, 0.3) is 0 Å². The molecule has 1 atom stereocenters. The van der Waals surface area contributed by atoms with Crippen molar-refractivity contribution in [3.63, 3.8) is 0 Å². The van der Waals surface area contributed by atoms with Crippen molar-refractivity contribution < 1.29 is 27.6 Å². The third-order valence-corrected chi connectivity index (χ3v) is 2.36. The molecular weight excluding hydrogens is 299 g/mol. The molecule has 0 aliphatic rings. The van der Waals surface area contributed by atoms with E-state index in [1.165, 1.54) is 7.11 Å². The first-order valence-electron chi connectivity index (χ1n) is 5.63. The fourth-order valence-electron chi connectivity index (χ4n) is 1.40. The average molecular weight is 311 g/mol. The summed E-state index contributed by atoms with van der Waals surface area (Å²) >= 11 is 0. The second-order valence-corrected chi connectivity index (χ2v) is 3.89. The van der Waals surface area contributed by atoms with Gasteiger partial charge in [0.1, 0.15) is 0 Å². The van der Waals surface area contributed by atoms with Gasteiger partial charge in [0, 0.05) is 18.8 Å². The molecule has 1 aromatic rings. The van der Waals surface area contributed by atoms with Gasteiger partial charge >= 0.3 is 12.1 Å². The van der Waals surface area contributed by atoms with Crippen molar-refractivity contribution in [3.05, 3.63) is 16.4 Å². The summed E-state index contributed by atoms with van der Waals surface area (Å²) in [6.07, 6.45) is -5.20. The number of amides is 1. The Morgan fingerprint density at radius 3 is 2.76 bits per heavy atom. The van der Waals surface area contributed by atoms with Crippen molar-refractivity contribution in [2.75, 3.05) is 20.3 Å². The third kappa shape index (κ3) is 4.98. The van der Waals surface area contributed by atoms with Crippen LogP contribution in [0.2, 0.25) is 0 Å². The summed E-state index contributed by atoms with van der Waals surface area (Å²) in [7, 11) is 1.37. The summed E-state index contributed by atoms with van der Waals surface area (Å²) in [5.74, 6) is -1.85. The number of hydrogen-bond acceptors (Lipinski definition) is 6. The van der Waals surface area contributed by atoms with E-state index in [4.69, 9.17) is 0 Å². The van der Waals surface area contributed by atoms with Crippen molar-refractivity contribution in [1.82, 2.24) is 20.1 Å². The minimum absolute atomic E-state index is 0.0530. The Morgan fingerprint density at radius 1 is 1.62 bits per heavy atom. The van der Waals surface area contributed by atoms with Crippen LogP contribution in [0.3, 0.4) is 0 Å². The van der Waals surface area contributed by atoms with E-state index in [1.807, 2.05) is 0 Å². The number of rotatable bonds is 7. The molecule has 0 aliphatic carbocycles. The number of carbonyl (C=O) groups is 1. The van der Waals surface area contributed by atoms with E-state index in [2.05, 4.69) is 20.1 Å². The maximum Gasteiger partial charge on any atom is 0.490 e. The molecule has 0 aromatic carbocycles. The number of methoxy groups -OCH3 is 1. The molecule has 0 fully saturated rings. The number of nitrogens with zero attached hydrogens (tertiary/aromatic N) is 4. The van der Waals surface area contributed by atoms with Crippen LogP contribution in [0.25, 0.3) is 0 Å². The monoisotopic (exact) mass is 311 g/mol. The molecule has 21 heavy (non-hydrogen) atoms. The van der Waals surface area contributed by atoms with Gasteiger partial charge in [-0.3, -0.25) is 4.79 Å². The highest BCUT2D eigenvalue weighted by Gasteiger charge is 2.45.